The second-order valence-electron chi connectivity index (χ2n) is 11.2. The van der Waals surface area contributed by atoms with Crippen LogP contribution in [0.15, 0.2) is 114 Å². The molecule has 0 aliphatic carbocycles. The second-order valence-corrected chi connectivity index (χ2v) is 13.0. The van der Waals surface area contributed by atoms with E-state index >= 15 is 0 Å². The average Bonchev–Trinajstić information content (AvgIpc) is 3.02. The van der Waals surface area contributed by atoms with E-state index in [0.717, 1.165) is 33.1 Å². The maximum Gasteiger partial charge on any atom is 0.264 e. The van der Waals surface area contributed by atoms with E-state index in [1.807, 2.05) is 75.4 Å². The number of hydrogen-bond donors (Lipinski definition) is 1. The average molecular weight is 616 g/mol. The van der Waals surface area contributed by atoms with Gasteiger partial charge in [-0.2, -0.15) is 0 Å². The number of benzene rings is 4. The number of aryl methyl sites for hydroxylation is 1. The smallest absolute Gasteiger partial charge is 0.264 e. The first-order valence-electron chi connectivity index (χ1n) is 14.5. The number of hydrogen-bond acceptors (Lipinski definition) is 4. The Labute approximate surface area is 259 Å². The van der Waals surface area contributed by atoms with E-state index in [1.54, 1.807) is 30.3 Å². The van der Waals surface area contributed by atoms with Crippen LogP contribution in [-0.4, -0.2) is 44.3 Å². The summed E-state index contributed by atoms with van der Waals surface area (Å²) in [5.74, 6) is -1.27. The van der Waals surface area contributed by atoms with Gasteiger partial charge in [-0.1, -0.05) is 92.2 Å². The lowest BCUT2D eigenvalue weighted by atomic mass is 10.0. The van der Waals surface area contributed by atoms with Crippen LogP contribution < -0.4 is 9.62 Å². The molecule has 7 nitrogen and oxygen atoms in total. The van der Waals surface area contributed by atoms with E-state index in [4.69, 9.17) is 0 Å². The van der Waals surface area contributed by atoms with Crippen LogP contribution in [0.2, 0.25) is 0 Å². The molecule has 1 unspecified atom stereocenters. The van der Waals surface area contributed by atoms with Crippen molar-refractivity contribution in [1.82, 2.24) is 10.2 Å². The molecule has 0 fully saturated rings. The minimum Gasteiger partial charge on any atom is -0.354 e. The molecule has 0 bridgehead atoms. The summed E-state index contributed by atoms with van der Waals surface area (Å²) in [4.78, 5) is 29.5. The van der Waals surface area contributed by atoms with Gasteiger partial charge in [0.2, 0.25) is 11.8 Å². The molecule has 2 amide bonds. The van der Waals surface area contributed by atoms with Crippen LogP contribution in [0, 0.1) is 18.7 Å². The van der Waals surface area contributed by atoms with Crippen LogP contribution in [0.3, 0.4) is 0 Å². The fourth-order valence-corrected chi connectivity index (χ4v) is 6.14. The summed E-state index contributed by atoms with van der Waals surface area (Å²) in [6.45, 7) is 5.87. The maximum absolute atomic E-state index is 14.4. The quantitative estimate of drug-likeness (QED) is 0.208. The molecule has 4 rings (SSSR count). The standard InChI is InChI=1S/C35H38FN3O4S/c1-26(2)23-37-35(41)33(22-28-10-6-4-7-11-28)38(24-29-16-14-27(3)15-17-29)34(40)25-39(31-12-8-5-9-13-31)44(42,43)32-20-18-30(36)19-21-32/h4-21,26,33H,22-25H2,1-3H3,(H,37,41). The summed E-state index contributed by atoms with van der Waals surface area (Å²) in [7, 11) is -4.29. The van der Waals surface area contributed by atoms with Crippen molar-refractivity contribution in [2.75, 3.05) is 17.4 Å². The molecular weight excluding hydrogens is 577 g/mol. The van der Waals surface area contributed by atoms with Gasteiger partial charge in [-0.25, -0.2) is 12.8 Å². The number of halogens is 1. The normalized spacial score (nSPS) is 12.0. The van der Waals surface area contributed by atoms with Crippen molar-refractivity contribution < 1.29 is 22.4 Å². The molecule has 1 N–H and O–H groups in total. The van der Waals surface area contributed by atoms with Gasteiger partial charge < -0.3 is 10.2 Å². The molecule has 4 aromatic rings. The molecule has 0 saturated heterocycles. The predicted molar refractivity (Wildman–Crippen MR) is 171 cm³/mol. The Morgan fingerprint density at radius 1 is 0.795 bits per heavy atom. The van der Waals surface area contributed by atoms with Gasteiger partial charge in [0.15, 0.2) is 0 Å². The summed E-state index contributed by atoms with van der Waals surface area (Å²) in [6.07, 6.45) is 0.235. The third-order valence-corrected chi connectivity index (χ3v) is 8.94. The molecule has 1 atom stereocenters. The highest BCUT2D eigenvalue weighted by Crippen LogP contribution is 2.25. The van der Waals surface area contributed by atoms with Crippen LogP contribution in [0.25, 0.3) is 0 Å². The number of nitrogens with zero attached hydrogens (tertiary/aromatic N) is 2. The van der Waals surface area contributed by atoms with E-state index in [2.05, 4.69) is 5.32 Å². The second kappa shape index (κ2) is 14.8. The number of carbonyl (C=O) groups is 2. The highest BCUT2D eigenvalue weighted by Gasteiger charge is 2.34. The highest BCUT2D eigenvalue weighted by molar-refractivity contribution is 7.92. The Morgan fingerprint density at radius 3 is 1.98 bits per heavy atom. The number of nitrogens with one attached hydrogen (secondary N) is 1. The van der Waals surface area contributed by atoms with E-state index < -0.39 is 34.3 Å². The number of para-hydroxylation sites is 1. The first kappa shape index (κ1) is 32.4. The third-order valence-electron chi connectivity index (χ3n) is 7.15. The van der Waals surface area contributed by atoms with Gasteiger partial charge in [-0.3, -0.25) is 13.9 Å². The molecule has 9 heteroatoms. The molecule has 4 aromatic carbocycles. The zero-order chi connectivity index (χ0) is 31.7. The van der Waals surface area contributed by atoms with Crippen molar-refractivity contribution in [3.63, 3.8) is 0 Å². The van der Waals surface area contributed by atoms with Gasteiger partial charge in [-0.05, 0) is 60.4 Å². The number of sulfonamides is 1. The fraction of sp³-hybridized carbons (Fsp3) is 0.257. The summed E-state index contributed by atoms with van der Waals surface area (Å²) in [6, 6.07) is 28.9. The van der Waals surface area contributed by atoms with Crippen LogP contribution in [0.1, 0.15) is 30.5 Å². The number of rotatable bonds is 13. The predicted octanol–water partition coefficient (Wildman–Crippen LogP) is 5.74. The number of amides is 2. The molecule has 0 aliphatic rings. The van der Waals surface area contributed by atoms with Crippen molar-refractivity contribution in [1.29, 1.82) is 0 Å². The summed E-state index contributed by atoms with van der Waals surface area (Å²) in [5.41, 5.74) is 2.97. The number of anilines is 1. The molecule has 0 radical (unpaired) electrons. The highest BCUT2D eigenvalue weighted by atomic mass is 32.2. The Kier molecular flexibility index (Phi) is 10.9. The Balaban J connectivity index is 1.77. The van der Waals surface area contributed by atoms with E-state index in [1.165, 1.54) is 17.0 Å². The van der Waals surface area contributed by atoms with Crippen LogP contribution in [0.5, 0.6) is 0 Å². The van der Waals surface area contributed by atoms with Crippen molar-refractivity contribution in [2.45, 2.75) is 44.7 Å². The van der Waals surface area contributed by atoms with E-state index in [9.17, 15) is 22.4 Å². The zero-order valence-corrected chi connectivity index (χ0v) is 26.0. The topological polar surface area (TPSA) is 86.8 Å². The lowest BCUT2D eigenvalue weighted by Crippen LogP contribution is -2.53. The fourth-order valence-electron chi connectivity index (χ4n) is 4.72. The molecule has 0 aromatic heterocycles. The maximum atomic E-state index is 14.4. The SMILES string of the molecule is Cc1ccc(CN(C(=O)CN(c2ccccc2)S(=O)(=O)c2ccc(F)cc2)C(Cc2ccccc2)C(=O)NCC(C)C)cc1. The van der Waals surface area contributed by atoms with Crippen molar-refractivity contribution in [3.8, 4) is 0 Å². The van der Waals surface area contributed by atoms with Gasteiger partial charge in [-0.15, -0.1) is 0 Å². The zero-order valence-electron chi connectivity index (χ0n) is 25.2. The lowest BCUT2D eigenvalue weighted by molar-refractivity contribution is -0.140. The molecule has 0 aliphatic heterocycles. The minimum atomic E-state index is -4.29. The first-order chi connectivity index (χ1) is 21.0. The Bertz CT molecular complexity index is 1630. The molecule has 230 valence electrons. The third kappa shape index (κ3) is 8.54. The van der Waals surface area contributed by atoms with Gasteiger partial charge in [0.05, 0.1) is 10.6 Å². The van der Waals surface area contributed by atoms with Crippen LogP contribution in [0.4, 0.5) is 10.1 Å². The largest absolute Gasteiger partial charge is 0.354 e. The molecule has 0 saturated carbocycles. The van der Waals surface area contributed by atoms with Gasteiger partial charge in [0.1, 0.15) is 18.4 Å². The van der Waals surface area contributed by atoms with E-state index in [-0.39, 0.29) is 35.4 Å². The van der Waals surface area contributed by atoms with Crippen LogP contribution in [-0.2, 0) is 32.6 Å². The van der Waals surface area contributed by atoms with Crippen molar-refractivity contribution >= 4 is 27.5 Å². The number of carbonyl (C=O) groups excluding carboxylic acids is 2. The Morgan fingerprint density at radius 2 is 1.39 bits per heavy atom. The van der Waals surface area contributed by atoms with Crippen molar-refractivity contribution in [3.05, 3.63) is 132 Å². The van der Waals surface area contributed by atoms with Gasteiger partial charge >= 0.3 is 0 Å². The monoisotopic (exact) mass is 615 g/mol. The molecule has 44 heavy (non-hydrogen) atoms. The molecule has 0 heterocycles. The Hall–Kier alpha value is -4.50. The summed E-state index contributed by atoms with van der Waals surface area (Å²) < 4.78 is 42.6. The summed E-state index contributed by atoms with van der Waals surface area (Å²) >= 11 is 0. The molecule has 0 spiro atoms. The molecular formula is C35H38FN3O4S. The van der Waals surface area contributed by atoms with Gasteiger partial charge in [0.25, 0.3) is 10.0 Å². The summed E-state index contributed by atoms with van der Waals surface area (Å²) in [5, 5.41) is 2.98. The minimum absolute atomic E-state index is 0.0882. The van der Waals surface area contributed by atoms with Gasteiger partial charge in [0, 0.05) is 19.5 Å². The first-order valence-corrected chi connectivity index (χ1v) is 16.0. The van der Waals surface area contributed by atoms with Crippen molar-refractivity contribution in [2.24, 2.45) is 5.92 Å². The van der Waals surface area contributed by atoms with E-state index in [0.29, 0.717) is 6.54 Å². The van der Waals surface area contributed by atoms with Crippen LogP contribution >= 0.6 is 0 Å². The lowest BCUT2D eigenvalue weighted by Gasteiger charge is -2.34.